The van der Waals surface area contributed by atoms with Crippen LogP contribution in [0.15, 0.2) is 30.3 Å². The highest BCUT2D eigenvalue weighted by molar-refractivity contribution is 5.95. The van der Waals surface area contributed by atoms with E-state index in [1.165, 1.54) is 12.7 Å². The predicted molar refractivity (Wildman–Crippen MR) is 89.9 cm³/mol. The number of methoxy groups -OCH3 is 1. The second kappa shape index (κ2) is 8.82. The van der Waals surface area contributed by atoms with Gasteiger partial charge in [-0.1, -0.05) is 43.7 Å². The Morgan fingerprint density at radius 1 is 1.22 bits per heavy atom. The standard InChI is InChI=1S/C19H27NO3/c1-3-16-14-20(13-15-7-5-4-6-8-15)10-9-17(16)11-18(21)12-19(22)23-2/h4-8,16-17H,3,9-14H2,1-2H3/t16-,17-/m1/s1. The molecule has 0 aromatic heterocycles. The van der Waals surface area contributed by atoms with Crippen LogP contribution in [-0.4, -0.2) is 36.9 Å². The summed E-state index contributed by atoms with van der Waals surface area (Å²) in [4.78, 5) is 25.7. The zero-order valence-corrected chi connectivity index (χ0v) is 14.2. The van der Waals surface area contributed by atoms with E-state index in [9.17, 15) is 9.59 Å². The van der Waals surface area contributed by atoms with E-state index in [4.69, 9.17) is 0 Å². The molecule has 1 aromatic carbocycles. The molecule has 4 heteroatoms. The lowest BCUT2D eigenvalue weighted by Crippen LogP contribution is -2.40. The summed E-state index contributed by atoms with van der Waals surface area (Å²) in [5.41, 5.74) is 1.34. The number of nitrogens with zero attached hydrogens (tertiary/aromatic N) is 1. The molecule has 1 heterocycles. The Kier molecular flexibility index (Phi) is 6.78. The summed E-state index contributed by atoms with van der Waals surface area (Å²) in [6.45, 7) is 5.21. The molecule has 126 valence electrons. The van der Waals surface area contributed by atoms with Crippen molar-refractivity contribution >= 4 is 11.8 Å². The van der Waals surface area contributed by atoms with Gasteiger partial charge in [0.1, 0.15) is 12.2 Å². The Morgan fingerprint density at radius 3 is 2.61 bits per heavy atom. The molecule has 1 aliphatic heterocycles. The van der Waals surface area contributed by atoms with E-state index in [0.717, 1.165) is 32.5 Å². The second-order valence-corrected chi connectivity index (χ2v) is 6.43. The van der Waals surface area contributed by atoms with Gasteiger partial charge in [0.05, 0.1) is 7.11 Å². The van der Waals surface area contributed by atoms with Gasteiger partial charge in [0, 0.05) is 19.5 Å². The van der Waals surface area contributed by atoms with Gasteiger partial charge in [-0.3, -0.25) is 14.5 Å². The van der Waals surface area contributed by atoms with Crippen LogP contribution in [0.3, 0.4) is 0 Å². The molecule has 1 aliphatic rings. The maximum atomic E-state index is 12.0. The Morgan fingerprint density at radius 2 is 1.96 bits per heavy atom. The molecule has 0 amide bonds. The van der Waals surface area contributed by atoms with E-state index in [2.05, 4.69) is 40.8 Å². The third kappa shape index (κ3) is 5.47. The highest BCUT2D eigenvalue weighted by Crippen LogP contribution is 2.30. The number of ketones is 1. The summed E-state index contributed by atoms with van der Waals surface area (Å²) in [6.07, 6.45) is 2.52. The third-order valence-corrected chi connectivity index (χ3v) is 4.81. The van der Waals surface area contributed by atoms with Gasteiger partial charge >= 0.3 is 5.97 Å². The quantitative estimate of drug-likeness (QED) is 0.573. The number of carbonyl (C=O) groups is 2. The third-order valence-electron chi connectivity index (χ3n) is 4.81. The predicted octanol–water partition coefficient (Wildman–Crippen LogP) is 3.06. The number of ether oxygens (including phenoxy) is 1. The number of Topliss-reactive ketones (excluding diaryl/α,β-unsaturated/α-hetero) is 1. The molecule has 0 N–H and O–H groups in total. The zero-order valence-electron chi connectivity index (χ0n) is 14.2. The summed E-state index contributed by atoms with van der Waals surface area (Å²) in [5.74, 6) is 0.500. The highest BCUT2D eigenvalue weighted by Gasteiger charge is 2.30. The normalized spacial score (nSPS) is 21.8. The average Bonchev–Trinajstić information content (AvgIpc) is 2.57. The molecule has 0 unspecified atom stereocenters. The SMILES string of the molecule is CC[C@@H]1CN(Cc2ccccc2)CC[C@@H]1CC(=O)CC(=O)OC. The first-order valence-electron chi connectivity index (χ1n) is 8.47. The Bertz CT molecular complexity index is 515. The van der Waals surface area contributed by atoms with E-state index < -0.39 is 5.97 Å². The molecular formula is C19H27NO3. The molecule has 2 rings (SSSR count). The summed E-state index contributed by atoms with van der Waals surface area (Å²) in [7, 11) is 1.33. The Balaban J connectivity index is 1.86. The molecule has 2 atom stereocenters. The summed E-state index contributed by atoms with van der Waals surface area (Å²) in [6, 6.07) is 10.5. The number of esters is 1. The van der Waals surface area contributed by atoms with Crippen LogP contribution in [0.5, 0.6) is 0 Å². The van der Waals surface area contributed by atoms with Gasteiger partial charge in [0.2, 0.25) is 0 Å². The number of hydrogen-bond acceptors (Lipinski definition) is 4. The van der Waals surface area contributed by atoms with Gasteiger partial charge in [-0.15, -0.1) is 0 Å². The monoisotopic (exact) mass is 317 g/mol. The fourth-order valence-electron chi connectivity index (χ4n) is 3.47. The number of benzene rings is 1. The number of rotatable bonds is 7. The van der Waals surface area contributed by atoms with Crippen LogP contribution in [0.2, 0.25) is 0 Å². The minimum absolute atomic E-state index is 0.0109. The number of carbonyl (C=O) groups excluding carboxylic acids is 2. The lowest BCUT2D eigenvalue weighted by atomic mass is 9.80. The van der Waals surface area contributed by atoms with Gasteiger partial charge < -0.3 is 4.74 Å². The molecule has 0 aliphatic carbocycles. The van der Waals surface area contributed by atoms with Gasteiger partial charge in [0.25, 0.3) is 0 Å². The number of hydrogen-bond donors (Lipinski definition) is 0. The van der Waals surface area contributed by atoms with Crippen LogP contribution in [0, 0.1) is 11.8 Å². The van der Waals surface area contributed by atoms with Crippen molar-refractivity contribution in [2.45, 2.75) is 39.2 Å². The van der Waals surface area contributed by atoms with E-state index >= 15 is 0 Å². The first-order valence-corrected chi connectivity index (χ1v) is 8.47. The summed E-state index contributed by atoms with van der Waals surface area (Å²) >= 11 is 0. The minimum Gasteiger partial charge on any atom is -0.469 e. The topological polar surface area (TPSA) is 46.6 Å². The largest absolute Gasteiger partial charge is 0.469 e. The van der Waals surface area contributed by atoms with Crippen LogP contribution in [0.25, 0.3) is 0 Å². The van der Waals surface area contributed by atoms with Crippen LogP contribution >= 0.6 is 0 Å². The molecular weight excluding hydrogens is 290 g/mol. The molecule has 0 bridgehead atoms. The number of piperidine rings is 1. The highest BCUT2D eigenvalue weighted by atomic mass is 16.5. The van der Waals surface area contributed by atoms with Crippen LogP contribution in [0.4, 0.5) is 0 Å². The van der Waals surface area contributed by atoms with Crippen molar-refractivity contribution in [1.82, 2.24) is 4.90 Å². The summed E-state index contributed by atoms with van der Waals surface area (Å²) < 4.78 is 4.58. The van der Waals surface area contributed by atoms with Gasteiger partial charge in [-0.05, 0) is 30.4 Å². The Hall–Kier alpha value is -1.68. The van der Waals surface area contributed by atoms with Crippen molar-refractivity contribution in [2.75, 3.05) is 20.2 Å². The van der Waals surface area contributed by atoms with Crippen LogP contribution in [-0.2, 0) is 20.9 Å². The molecule has 0 saturated carbocycles. The number of likely N-dealkylation sites (tertiary alicyclic amines) is 1. The van der Waals surface area contributed by atoms with Gasteiger partial charge in [-0.25, -0.2) is 0 Å². The lowest BCUT2D eigenvalue weighted by Gasteiger charge is -2.38. The minimum atomic E-state index is -0.426. The van der Waals surface area contributed by atoms with Crippen molar-refractivity contribution in [1.29, 1.82) is 0 Å². The van der Waals surface area contributed by atoms with E-state index in [1.54, 1.807) is 0 Å². The first kappa shape index (κ1) is 17.7. The molecule has 4 nitrogen and oxygen atoms in total. The van der Waals surface area contributed by atoms with Crippen molar-refractivity contribution in [3.63, 3.8) is 0 Å². The van der Waals surface area contributed by atoms with Crippen LogP contribution in [0.1, 0.15) is 38.2 Å². The van der Waals surface area contributed by atoms with E-state index in [1.807, 2.05) is 6.07 Å². The molecule has 1 fully saturated rings. The van der Waals surface area contributed by atoms with E-state index in [-0.39, 0.29) is 12.2 Å². The first-order chi connectivity index (χ1) is 11.1. The average molecular weight is 317 g/mol. The lowest BCUT2D eigenvalue weighted by molar-refractivity contribution is -0.143. The van der Waals surface area contributed by atoms with Crippen molar-refractivity contribution in [2.24, 2.45) is 11.8 Å². The summed E-state index contributed by atoms with van der Waals surface area (Å²) in [5, 5.41) is 0. The molecule has 1 aromatic rings. The van der Waals surface area contributed by atoms with Gasteiger partial charge in [-0.2, -0.15) is 0 Å². The van der Waals surface area contributed by atoms with Crippen LogP contribution < -0.4 is 0 Å². The second-order valence-electron chi connectivity index (χ2n) is 6.43. The van der Waals surface area contributed by atoms with Gasteiger partial charge in [0.15, 0.2) is 0 Å². The molecule has 0 radical (unpaired) electrons. The molecule has 0 spiro atoms. The fourth-order valence-corrected chi connectivity index (χ4v) is 3.47. The zero-order chi connectivity index (χ0) is 16.7. The maximum Gasteiger partial charge on any atom is 0.313 e. The maximum absolute atomic E-state index is 12.0. The smallest absolute Gasteiger partial charge is 0.313 e. The van der Waals surface area contributed by atoms with E-state index in [0.29, 0.717) is 18.3 Å². The van der Waals surface area contributed by atoms with Crippen molar-refractivity contribution < 1.29 is 14.3 Å². The van der Waals surface area contributed by atoms with Crippen molar-refractivity contribution in [3.05, 3.63) is 35.9 Å². The molecule has 1 saturated heterocycles. The van der Waals surface area contributed by atoms with Crippen molar-refractivity contribution in [3.8, 4) is 0 Å². The molecule has 23 heavy (non-hydrogen) atoms. The fraction of sp³-hybridized carbons (Fsp3) is 0.579. The Labute approximate surface area is 138 Å².